The average Bonchev–Trinajstić information content (AvgIpc) is 3.20. The lowest BCUT2D eigenvalue weighted by molar-refractivity contribution is -0.133. The third-order valence-electron chi connectivity index (χ3n) is 9.07. The summed E-state index contributed by atoms with van der Waals surface area (Å²) in [4.78, 5) is 26.2. The van der Waals surface area contributed by atoms with E-state index in [1.54, 1.807) is 6.08 Å². The molecular formula is C33H41ClN6O3. The van der Waals surface area contributed by atoms with Crippen LogP contribution in [0.2, 0.25) is 5.02 Å². The molecule has 228 valence electrons. The molecule has 1 aromatic carbocycles. The number of benzene rings is 1. The van der Waals surface area contributed by atoms with Gasteiger partial charge < -0.3 is 29.5 Å². The van der Waals surface area contributed by atoms with Crippen molar-refractivity contribution in [2.24, 2.45) is 0 Å². The van der Waals surface area contributed by atoms with Crippen LogP contribution in [0.3, 0.4) is 0 Å². The summed E-state index contributed by atoms with van der Waals surface area (Å²) >= 11 is 6.83. The Labute approximate surface area is 259 Å². The van der Waals surface area contributed by atoms with E-state index in [9.17, 15) is 4.79 Å². The van der Waals surface area contributed by atoms with Crippen molar-refractivity contribution < 1.29 is 14.3 Å². The molecule has 4 aliphatic rings. The molecule has 1 amide bonds. The van der Waals surface area contributed by atoms with Crippen molar-refractivity contribution >= 4 is 34.7 Å². The number of aromatic nitrogens is 1. The summed E-state index contributed by atoms with van der Waals surface area (Å²) in [6.07, 6.45) is 13.6. The Hall–Kier alpha value is -3.29. The zero-order valence-corrected chi connectivity index (χ0v) is 25.7. The molecule has 0 bridgehead atoms. The molecule has 0 saturated carbocycles. The van der Waals surface area contributed by atoms with Gasteiger partial charge in [-0.3, -0.25) is 9.69 Å². The fourth-order valence-corrected chi connectivity index (χ4v) is 6.73. The number of halogens is 1. The number of fused-ring (bicyclic) bond motifs is 2. The van der Waals surface area contributed by atoms with Crippen LogP contribution in [0.25, 0.3) is 0 Å². The van der Waals surface area contributed by atoms with E-state index >= 15 is 0 Å². The number of likely N-dealkylation sites (tertiary alicyclic amines) is 2. The summed E-state index contributed by atoms with van der Waals surface area (Å²) in [7, 11) is 2.01. The van der Waals surface area contributed by atoms with Gasteiger partial charge in [-0.05, 0) is 62.7 Å². The Morgan fingerprint density at radius 1 is 1.23 bits per heavy atom. The first-order chi connectivity index (χ1) is 21.0. The number of morpholine rings is 1. The standard InChI is InChI=1S/C33H41ClN6O3/c1-3-4-11-37(2)12-5-6-31(41)40-21-26(22-40)38-13-8-24(9-14-38)25-19-28(34)32-29(20-25)36-33-27(23-43-32)30(7-10-35-33)39-15-17-42-18-16-39/h1,5-7,10,19-20,24,26H,4,8-9,11-18,21-23H2,2H3,(H,35,36)/b6-5+. The highest BCUT2D eigenvalue weighted by Gasteiger charge is 2.36. The normalized spacial score (nSPS) is 19.7. The first-order valence-corrected chi connectivity index (χ1v) is 15.7. The maximum Gasteiger partial charge on any atom is 0.246 e. The smallest absolute Gasteiger partial charge is 0.246 e. The first kappa shape index (κ1) is 29.8. The molecule has 43 heavy (non-hydrogen) atoms. The average molecular weight is 605 g/mol. The molecule has 1 aromatic heterocycles. The van der Waals surface area contributed by atoms with Crippen molar-refractivity contribution in [2.75, 3.05) is 82.8 Å². The zero-order valence-electron chi connectivity index (χ0n) is 24.9. The van der Waals surface area contributed by atoms with E-state index in [-0.39, 0.29) is 5.91 Å². The highest BCUT2D eigenvalue weighted by Crippen LogP contribution is 2.44. The molecule has 0 radical (unpaired) electrons. The van der Waals surface area contributed by atoms with Crippen LogP contribution in [-0.4, -0.2) is 104 Å². The minimum Gasteiger partial charge on any atom is -0.485 e. The Bertz CT molecular complexity index is 1370. The minimum absolute atomic E-state index is 0.0963. The van der Waals surface area contributed by atoms with Crippen molar-refractivity contribution in [1.82, 2.24) is 19.7 Å². The van der Waals surface area contributed by atoms with Crippen molar-refractivity contribution in [3.63, 3.8) is 0 Å². The number of ether oxygens (including phenoxy) is 2. The highest BCUT2D eigenvalue weighted by atomic mass is 35.5. The second-order valence-corrected chi connectivity index (χ2v) is 12.3. The summed E-state index contributed by atoms with van der Waals surface area (Å²) in [6, 6.07) is 6.77. The molecule has 10 heteroatoms. The van der Waals surface area contributed by atoms with E-state index in [4.69, 9.17) is 27.5 Å². The van der Waals surface area contributed by atoms with Crippen LogP contribution in [0, 0.1) is 12.3 Å². The molecule has 5 heterocycles. The van der Waals surface area contributed by atoms with Crippen LogP contribution >= 0.6 is 11.6 Å². The fourth-order valence-electron chi connectivity index (χ4n) is 6.44. The maximum absolute atomic E-state index is 12.6. The quantitative estimate of drug-likeness (QED) is 0.357. The molecule has 9 nitrogen and oxygen atoms in total. The molecular weight excluding hydrogens is 564 g/mol. The topological polar surface area (TPSA) is 73.4 Å². The molecule has 2 aromatic rings. The van der Waals surface area contributed by atoms with Gasteiger partial charge in [-0.2, -0.15) is 0 Å². The van der Waals surface area contributed by atoms with Crippen LogP contribution in [0.5, 0.6) is 5.75 Å². The molecule has 0 atom stereocenters. The van der Waals surface area contributed by atoms with Gasteiger partial charge in [0.05, 0.1) is 29.5 Å². The van der Waals surface area contributed by atoms with Gasteiger partial charge in [-0.15, -0.1) is 12.3 Å². The van der Waals surface area contributed by atoms with Crippen LogP contribution in [0.1, 0.15) is 36.3 Å². The number of terminal acetylenes is 1. The highest BCUT2D eigenvalue weighted by molar-refractivity contribution is 6.32. The molecule has 6 rings (SSSR count). The number of nitrogens with one attached hydrogen (secondary N) is 1. The minimum atomic E-state index is 0.0963. The van der Waals surface area contributed by atoms with E-state index in [1.807, 2.05) is 24.2 Å². The van der Waals surface area contributed by atoms with Crippen LogP contribution in [0.15, 0.2) is 36.5 Å². The van der Waals surface area contributed by atoms with Gasteiger partial charge in [0, 0.05) is 69.7 Å². The predicted molar refractivity (Wildman–Crippen MR) is 170 cm³/mol. The molecule has 1 N–H and O–H groups in total. The molecule has 4 aliphatic heterocycles. The lowest BCUT2D eigenvalue weighted by Crippen LogP contribution is -2.61. The van der Waals surface area contributed by atoms with Gasteiger partial charge in [0.15, 0.2) is 5.75 Å². The largest absolute Gasteiger partial charge is 0.485 e. The van der Waals surface area contributed by atoms with E-state index in [2.05, 4.69) is 49.1 Å². The first-order valence-electron chi connectivity index (χ1n) is 15.4. The Kier molecular flexibility index (Phi) is 9.39. The lowest BCUT2D eigenvalue weighted by Gasteiger charge is -2.47. The summed E-state index contributed by atoms with van der Waals surface area (Å²) < 4.78 is 11.8. The van der Waals surface area contributed by atoms with Crippen LogP contribution < -0.4 is 15.0 Å². The van der Waals surface area contributed by atoms with Gasteiger partial charge in [0.1, 0.15) is 12.4 Å². The van der Waals surface area contributed by atoms with Crippen molar-refractivity contribution in [3.8, 4) is 18.1 Å². The zero-order chi connectivity index (χ0) is 29.8. The Morgan fingerprint density at radius 2 is 2.02 bits per heavy atom. The third-order valence-corrected chi connectivity index (χ3v) is 9.35. The van der Waals surface area contributed by atoms with Crippen LogP contribution in [0.4, 0.5) is 17.2 Å². The van der Waals surface area contributed by atoms with Gasteiger partial charge in [0.25, 0.3) is 0 Å². The number of carbonyl (C=O) groups is 1. The molecule has 3 saturated heterocycles. The lowest BCUT2D eigenvalue weighted by atomic mass is 9.88. The molecule has 0 unspecified atom stereocenters. The number of anilines is 3. The monoisotopic (exact) mass is 604 g/mol. The number of carbonyl (C=O) groups excluding carboxylic acids is 1. The van der Waals surface area contributed by atoms with E-state index in [0.29, 0.717) is 29.3 Å². The van der Waals surface area contributed by atoms with Gasteiger partial charge in [-0.1, -0.05) is 17.7 Å². The van der Waals surface area contributed by atoms with Crippen molar-refractivity contribution in [2.45, 2.75) is 37.8 Å². The van der Waals surface area contributed by atoms with Crippen molar-refractivity contribution in [3.05, 3.63) is 52.7 Å². The molecule has 0 spiro atoms. The van der Waals surface area contributed by atoms with Crippen molar-refractivity contribution in [1.29, 1.82) is 0 Å². The summed E-state index contributed by atoms with van der Waals surface area (Å²) in [5, 5.41) is 4.18. The number of piperidine rings is 1. The van der Waals surface area contributed by atoms with Gasteiger partial charge in [-0.25, -0.2) is 4.98 Å². The number of amides is 1. The third kappa shape index (κ3) is 6.78. The molecule has 3 fully saturated rings. The van der Waals surface area contributed by atoms with Crippen LogP contribution in [-0.2, 0) is 16.1 Å². The van der Waals surface area contributed by atoms with Gasteiger partial charge >= 0.3 is 0 Å². The number of rotatable bonds is 8. The summed E-state index contributed by atoms with van der Waals surface area (Å²) in [5.41, 5.74) is 4.28. The number of nitrogens with zero attached hydrogens (tertiary/aromatic N) is 5. The second kappa shape index (κ2) is 13.6. The second-order valence-electron chi connectivity index (χ2n) is 11.9. The number of pyridine rings is 1. The van der Waals surface area contributed by atoms with Gasteiger partial charge in [0.2, 0.25) is 5.91 Å². The number of hydrogen-bond acceptors (Lipinski definition) is 8. The predicted octanol–water partition coefficient (Wildman–Crippen LogP) is 4.11. The number of hydrogen-bond donors (Lipinski definition) is 1. The van der Waals surface area contributed by atoms with E-state index in [1.165, 1.54) is 5.56 Å². The Morgan fingerprint density at radius 3 is 2.79 bits per heavy atom. The summed E-state index contributed by atoms with van der Waals surface area (Å²) in [5.74, 6) is 4.67. The fraction of sp³-hybridized carbons (Fsp3) is 0.515. The number of likely N-dealkylation sites (N-methyl/N-ethyl adjacent to an activating group) is 1. The maximum atomic E-state index is 12.6. The Balaban J connectivity index is 1.03. The molecule has 0 aliphatic carbocycles. The van der Waals surface area contributed by atoms with E-state index < -0.39 is 0 Å². The summed E-state index contributed by atoms with van der Waals surface area (Å²) in [6.45, 7) is 8.74. The SMILES string of the molecule is C#CCCN(C)C/C=C/C(=O)N1CC(N2CCC(c3cc(Cl)c4c(c3)Nc3nccc(N5CCOCC5)c3CO4)CC2)C1. The van der Waals surface area contributed by atoms with E-state index in [0.717, 1.165) is 108 Å².